The number of allylic oxidation sites excluding steroid dienone is 2. The molecule has 1 aliphatic rings. The van der Waals surface area contributed by atoms with Gasteiger partial charge in [-0.05, 0) is 38.5 Å². The number of unbranched alkanes of at least 4 members (excludes halogenated alkanes) is 1. The molecule has 0 saturated heterocycles. The van der Waals surface area contributed by atoms with Crippen LogP contribution < -0.4 is 5.32 Å². The maximum Gasteiger partial charge on any atom is 0.193 e. The van der Waals surface area contributed by atoms with Crippen molar-refractivity contribution in [3.05, 3.63) is 24.3 Å². The van der Waals surface area contributed by atoms with Gasteiger partial charge in [0.25, 0.3) is 0 Å². The summed E-state index contributed by atoms with van der Waals surface area (Å²) >= 11 is 0. The zero-order valence-corrected chi connectivity index (χ0v) is 11.9. The van der Waals surface area contributed by atoms with E-state index in [0.29, 0.717) is 0 Å². The molecule has 1 N–H and O–H groups in total. The fourth-order valence-corrected chi connectivity index (χ4v) is 2.26. The Balaban J connectivity index is 2.21. The van der Waals surface area contributed by atoms with E-state index in [9.17, 15) is 0 Å². The lowest BCUT2D eigenvalue weighted by molar-refractivity contribution is 0.470. The Morgan fingerprint density at radius 3 is 3.06 bits per heavy atom. The zero-order valence-electron chi connectivity index (χ0n) is 11.9. The van der Waals surface area contributed by atoms with Crippen LogP contribution in [0.25, 0.3) is 0 Å². The van der Waals surface area contributed by atoms with Gasteiger partial charge in [0, 0.05) is 27.2 Å². The molecule has 0 aromatic carbocycles. The molecule has 0 aromatic rings. The summed E-state index contributed by atoms with van der Waals surface area (Å²) in [6.45, 7) is 5.76. The first-order chi connectivity index (χ1) is 8.77. The van der Waals surface area contributed by atoms with Crippen LogP contribution in [0.4, 0.5) is 0 Å². The second-order valence-corrected chi connectivity index (χ2v) is 4.83. The Morgan fingerprint density at radius 1 is 1.61 bits per heavy atom. The topological polar surface area (TPSA) is 27.6 Å². The minimum Gasteiger partial charge on any atom is -0.356 e. The fourth-order valence-electron chi connectivity index (χ4n) is 2.26. The van der Waals surface area contributed by atoms with Crippen LogP contribution in [-0.4, -0.2) is 38.0 Å². The zero-order chi connectivity index (χ0) is 13.2. The molecule has 0 aliphatic heterocycles. The van der Waals surface area contributed by atoms with Gasteiger partial charge in [0.05, 0.1) is 0 Å². The van der Waals surface area contributed by atoms with Gasteiger partial charge in [0.15, 0.2) is 5.96 Å². The Morgan fingerprint density at radius 2 is 2.44 bits per heavy atom. The van der Waals surface area contributed by atoms with Crippen molar-refractivity contribution in [2.45, 2.75) is 38.5 Å². The molecule has 1 rings (SSSR count). The van der Waals surface area contributed by atoms with Crippen LogP contribution in [-0.2, 0) is 0 Å². The number of hydrogen-bond donors (Lipinski definition) is 1. The summed E-state index contributed by atoms with van der Waals surface area (Å²) < 4.78 is 0. The Hall–Kier alpha value is -1.25. The van der Waals surface area contributed by atoms with Crippen LogP contribution in [0, 0.1) is 0 Å². The van der Waals surface area contributed by atoms with Crippen molar-refractivity contribution in [3.63, 3.8) is 0 Å². The average Bonchev–Trinajstić information content (AvgIpc) is 2.88. The molecule has 1 aliphatic carbocycles. The van der Waals surface area contributed by atoms with Crippen molar-refractivity contribution >= 4 is 5.96 Å². The van der Waals surface area contributed by atoms with E-state index in [1.54, 1.807) is 5.57 Å². The van der Waals surface area contributed by atoms with Gasteiger partial charge in [0.1, 0.15) is 0 Å². The van der Waals surface area contributed by atoms with Crippen molar-refractivity contribution in [2.75, 3.05) is 27.2 Å². The van der Waals surface area contributed by atoms with E-state index in [-0.39, 0.29) is 0 Å². The van der Waals surface area contributed by atoms with Crippen LogP contribution in [0.3, 0.4) is 0 Å². The van der Waals surface area contributed by atoms with Crippen molar-refractivity contribution < 1.29 is 0 Å². The molecule has 0 heterocycles. The molecule has 18 heavy (non-hydrogen) atoms. The van der Waals surface area contributed by atoms with E-state index in [1.807, 2.05) is 13.1 Å². The highest BCUT2D eigenvalue weighted by Crippen LogP contribution is 2.19. The van der Waals surface area contributed by atoms with Crippen LogP contribution in [0.2, 0.25) is 0 Å². The molecule has 102 valence electrons. The number of aliphatic imine (C=N–C) groups is 1. The molecular formula is C15H27N3. The molecule has 0 bridgehead atoms. The molecule has 0 atom stereocenters. The van der Waals surface area contributed by atoms with E-state index in [4.69, 9.17) is 0 Å². The lowest BCUT2D eigenvalue weighted by atomic mass is 10.2. The van der Waals surface area contributed by atoms with Gasteiger partial charge in [-0.25, -0.2) is 0 Å². The molecule has 0 aromatic heterocycles. The Labute approximate surface area is 112 Å². The van der Waals surface area contributed by atoms with Gasteiger partial charge in [-0.15, -0.1) is 6.58 Å². The van der Waals surface area contributed by atoms with Crippen LogP contribution in [0.1, 0.15) is 38.5 Å². The van der Waals surface area contributed by atoms with Crippen LogP contribution >= 0.6 is 0 Å². The van der Waals surface area contributed by atoms with Crippen molar-refractivity contribution in [2.24, 2.45) is 4.99 Å². The van der Waals surface area contributed by atoms with Crippen molar-refractivity contribution in [3.8, 4) is 0 Å². The van der Waals surface area contributed by atoms with E-state index in [2.05, 4.69) is 34.9 Å². The second-order valence-electron chi connectivity index (χ2n) is 4.83. The summed E-state index contributed by atoms with van der Waals surface area (Å²) in [4.78, 5) is 6.50. The highest BCUT2D eigenvalue weighted by molar-refractivity contribution is 5.79. The summed E-state index contributed by atoms with van der Waals surface area (Å²) in [5.41, 5.74) is 1.60. The van der Waals surface area contributed by atoms with Gasteiger partial charge >= 0.3 is 0 Å². The average molecular weight is 249 g/mol. The molecule has 0 radical (unpaired) electrons. The molecule has 0 amide bonds. The standard InChI is InChI=1S/C15H27N3/c1-4-5-8-13-18(3)15(16-2)17-12-11-14-9-6-7-10-14/h4,9H,1,5-8,10-13H2,2-3H3,(H,16,17). The summed E-state index contributed by atoms with van der Waals surface area (Å²) in [5.74, 6) is 0.998. The Bertz CT molecular complexity index is 305. The summed E-state index contributed by atoms with van der Waals surface area (Å²) in [7, 11) is 3.94. The first kappa shape index (κ1) is 14.8. The molecule has 0 spiro atoms. The van der Waals surface area contributed by atoms with E-state index in [1.165, 1.54) is 19.3 Å². The van der Waals surface area contributed by atoms with Gasteiger partial charge in [-0.3, -0.25) is 4.99 Å². The van der Waals surface area contributed by atoms with E-state index >= 15 is 0 Å². The maximum absolute atomic E-state index is 4.32. The van der Waals surface area contributed by atoms with E-state index < -0.39 is 0 Å². The lowest BCUT2D eigenvalue weighted by Gasteiger charge is -2.21. The van der Waals surface area contributed by atoms with Gasteiger partial charge < -0.3 is 10.2 Å². The smallest absolute Gasteiger partial charge is 0.193 e. The largest absolute Gasteiger partial charge is 0.356 e. The third-order valence-corrected chi connectivity index (χ3v) is 3.34. The molecule has 3 nitrogen and oxygen atoms in total. The monoisotopic (exact) mass is 249 g/mol. The van der Waals surface area contributed by atoms with Gasteiger partial charge in [-0.1, -0.05) is 17.7 Å². The molecule has 0 saturated carbocycles. The van der Waals surface area contributed by atoms with Crippen molar-refractivity contribution in [1.82, 2.24) is 10.2 Å². The normalized spacial score (nSPS) is 15.4. The SMILES string of the molecule is C=CCCCN(C)C(=NC)NCCC1=CCCC1. The second kappa shape index (κ2) is 8.78. The quantitative estimate of drug-likeness (QED) is 0.325. The summed E-state index contributed by atoms with van der Waals surface area (Å²) in [6.07, 6.45) is 11.6. The Kier molecular flexibility index (Phi) is 7.23. The van der Waals surface area contributed by atoms with Crippen LogP contribution in [0.5, 0.6) is 0 Å². The number of rotatable bonds is 7. The third kappa shape index (κ3) is 5.39. The number of nitrogens with one attached hydrogen (secondary N) is 1. The molecule has 3 heteroatoms. The van der Waals surface area contributed by atoms with E-state index in [0.717, 1.165) is 38.3 Å². The molecule has 0 fully saturated rings. The highest BCUT2D eigenvalue weighted by Gasteiger charge is 2.07. The van der Waals surface area contributed by atoms with Gasteiger partial charge in [0.2, 0.25) is 0 Å². The molecular weight excluding hydrogens is 222 g/mol. The predicted octanol–water partition coefficient (Wildman–Crippen LogP) is 2.96. The lowest BCUT2D eigenvalue weighted by Crippen LogP contribution is -2.39. The highest BCUT2D eigenvalue weighted by atomic mass is 15.3. The number of hydrogen-bond acceptors (Lipinski definition) is 1. The summed E-state index contributed by atoms with van der Waals surface area (Å²) in [6, 6.07) is 0. The summed E-state index contributed by atoms with van der Waals surface area (Å²) in [5, 5.41) is 3.43. The number of nitrogens with zero attached hydrogens (tertiary/aromatic N) is 2. The minimum absolute atomic E-state index is 0.990. The fraction of sp³-hybridized carbons (Fsp3) is 0.667. The first-order valence-electron chi connectivity index (χ1n) is 6.98. The third-order valence-electron chi connectivity index (χ3n) is 3.34. The maximum atomic E-state index is 4.32. The van der Waals surface area contributed by atoms with Gasteiger partial charge in [-0.2, -0.15) is 0 Å². The predicted molar refractivity (Wildman–Crippen MR) is 80.0 cm³/mol. The van der Waals surface area contributed by atoms with Crippen molar-refractivity contribution in [1.29, 1.82) is 0 Å². The first-order valence-corrected chi connectivity index (χ1v) is 6.98. The minimum atomic E-state index is 0.990. The van der Waals surface area contributed by atoms with Crippen LogP contribution in [0.15, 0.2) is 29.3 Å². The molecule has 0 unspecified atom stereocenters. The number of guanidine groups is 1.